The van der Waals surface area contributed by atoms with Crippen molar-refractivity contribution in [3.63, 3.8) is 0 Å². The molecule has 8 N–H and O–H groups in total. The van der Waals surface area contributed by atoms with E-state index in [4.69, 9.17) is 21.7 Å². The maximum Gasteiger partial charge on any atom is 0.326 e. The molecule has 0 aliphatic rings. The molecule has 0 rings (SSSR count). The Kier molecular flexibility index (Phi) is 9.13. The van der Waals surface area contributed by atoms with E-state index >= 15 is 0 Å². The summed E-state index contributed by atoms with van der Waals surface area (Å²) in [6.45, 7) is 3.15. The van der Waals surface area contributed by atoms with Gasteiger partial charge in [-0.05, 0) is 12.3 Å². The molecule has 3 amide bonds. The Bertz CT molecular complexity index is 535. The van der Waals surface area contributed by atoms with E-state index < -0.39 is 66.5 Å². The van der Waals surface area contributed by atoms with E-state index in [-0.39, 0.29) is 6.42 Å². The first-order valence-corrected chi connectivity index (χ1v) is 7.54. The average molecular weight is 360 g/mol. The highest BCUT2D eigenvalue weighted by Gasteiger charge is 2.30. The van der Waals surface area contributed by atoms with Gasteiger partial charge in [-0.3, -0.25) is 19.2 Å². The number of rotatable bonds is 11. The first-order chi connectivity index (χ1) is 11.5. The number of aliphatic carboxylic acids is 2. The van der Waals surface area contributed by atoms with Crippen LogP contribution in [0.25, 0.3) is 0 Å². The molecule has 0 saturated carbocycles. The highest BCUT2D eigenvalue weighted by molar-refractivity contribution is 5.93. The van der Waals surface area contributed by atoms with Gasteiger partial charge in [0.2, 0.25) is 17.7 Å². The summed E-state index contributed by atoms with van der Waals surface area (Å²) in [4.78, 5) is 56.8. The minimum atomic E-state index is -1.32. The Morgan fingerprint density at radius 2 is 1.56 bits per heavy atom. The van der Waals surface area contributed by atoms with Gasteiger partial charge in [-0.25, -0.2) is 4.79 Å². The number of hydrogen-bond donors (Lipinski definition) is 6. The molecule has 3 unspecified atom stereocenters. The largest absolute Gasteiger partial charge is 0.481 e. The van der Waals surface area contributed by atoms with Crippen molar-refractivity contribution in [3.05, 3.63) is 0 Å². The normalized spacial score (nSPS) is 14.2. The Morgan fingerprint density at radius 3 is 1.96 bits per heavy atom. The lowest BCUT2D eigenvalue weighted by atomic mass is 10.0. The maximum absolute atomic E-state index is 12.2. The van der Waals surface area contributed by atoms with Crippen LogP contribution in [0.5, 0.6) is 0 Å². The summed E-state index contributed by atoms with van der Waals surface area (Å²) in [5.74, 6) is -5.46. The number of carboxylic acids is 2. The van der Waals surface area contributed by atoms with Crippen LogP contribution in [-0.4, -0.2) is 58.0 Å². The van der Waals surface area contributed by atoms with E-state index in [2.05, 4.69) is 10.6 Å². The minimum Gasteiger partial charge on any atom is -0.481 e. The second kappa shape index (κ2) is 10.2. The fraction of sp³-hybridized carbons (Fsp3) is 0.643. The van der Waals surface area contributed by atoms with Crippen LogP contribution in [0.2, 0.25) is 0 Å². The van der Waals surface area contributed by atoms with E-state index in [1.54, 1.807) is 13.8 Å². The number of nitrogens with one attached hydrogen (secondary N) is 2. The Labute approximate surface area is 144 Å². The molecule has 0 saturated heterocycles. The van der Waals surface area contributed by atoms with Gasteiger partial charge in [0.25, 0.3) is 0 Å². The molecule has 25 heavy (non-hydrogen) atoms. The molecule has 11 heteroatoms. The average Bonchev–Trinajstić information content (AvgIpc) is 2.46. The fourth-order valence-electron chi connectivity index (χ4n) is 1.89. The van der Waals surface area contributed by atoms with Crippen molar-refractivity contribution in [2.45, 2.75) is 51.2 Å². The van der Waals surface area contributed by atoms with Crippen LogP contribution in [0.3, 0.4) is 0 Å². The molecule has 0 heterocycles. The smallest absolute Gasteiger partial charge is 0.326 e. The standard InChI is InChI=1S/C14H24N4O7/c1-6(2)11(14(24)25)18-13(23)8(3-4-10(20)21)17-12(22)7(15)5-9(16)19/h6-8,11H,3-5,15H2,1-2H3,(H2,16,19)(H,17,22)(H,18,23)(H,20,21)(H,24,25). The second-order valence-corrected chi connectivity index (χ2v) is 5.84. The van der Waals surface area contributed by atoms with Gasteiger partial charge in [0.15, 0.2) is 0 Å². The molecule has 142 valence electrons. The number of hydrogen-bond acceptors (Lipinski definition) is 6. The molecule has 0 aliphatic heterocycles. The van der Waals surface area contributed by atoms with Gasteiger partial charge in [-0.1, -0.05) is 13.8 Å². The quantitative estimate of drug-likeness (QED) is 0.237. The third-order valence-corrected chi connectivity index (χ3v) is 3.27. The van der Waals surface area contributed by atoms with Crippen LogP contribution in [0.15, 0.2) is 0 Å². The molecule has 0 fully saturated rings. The van der Waals surface area contributed by atoms with E-state index in [0.29, 0.717) is 0 Å². The predicted molar refractivity (Wildman–Crippen MR) is 85.0 cm³/mol. The zero-order chi connectivity index (χ0) is 19.7. The van der Waals surface area contributed by atoms with Gasteiger partial charge in [-0.2, -0.15) is 0 Å². The molecule has 0 aromatic rings. The molecule has 0 aliphatic carbocycles. The van der Waals surface area contributed by atoms with Crippen molar-refractivity contribution in [2.24, 2.45) is 17.4 Å². The van der Waals surface area contributed by atoms with Crippen LogP contribution in [0.4, 0.5) is 0 Å². The SMILES string of the molecule is CC(C)C(NC(=O)C(CCC(=O)O)NC(=O)C(N)CC(N)=O)C(=O)O. The van der Waals surface area contributed by atoms with Gasteiger partial charge in [0, 0.05) is 6.42 Å². The zero-order valence-corrected chi connectivity index (χ0v) is 14.0. The highest BCUT2D eigenvalue weighted by Crippen LogP contribution is 2.05. The minimum absolute atomic E-state index is 0.277. The van der Waals surface area contributed by atoms with E-state index in [1.165, 1.54) is 0 Å². The summed E-state index contributed by atoms with van der Waals surface area (Å²) in [7, 11) is 0. The fourth-order valence-corrected chi connectivity index (χ4v) is 1.89. The Hall–Kier alpha value is -2.69. The predicted octanol–water partition coefficient (Wildman–Crippen LogP) is -2.24. The summed E-state index contributed by atoms with van der Waals surface area (Å²) in [5, 5.41) is 22.3. The van der Waals surface area contributed by atoms with Crippen molar-refractivity contribution in [3.8, 4) is 0 Å². The van der Waals surface area contributed by atoms with Crippen LogP contribution in [0, 0.1) is 5.92 Å². The van der Waals surface area contributed by atoms with Crippen molar-refractivity contribution < 1.29 is 34.2 Å². The van der Waals surface area contributed by atoms with Crippen LogP contribution >= 0.6 is 0 Å². The van der Waals surface area contributed by atoms with Gasteiger partial charge >= 0.3 is 11.9 Å². The third-order valence-electron chi connectivity index (χ3n) is 3.27. The van der Waals surface area contributed by atoms with Crippen LogP contribution in [-0.2, 0) is 24.0 Å². The molecule has 0 aromatic carbocycles. The van der Waals surface area contributed by atoms with Crippen LogP contribution in [0.1, 0.15) is 33.1 Å². The van der Waals surface area contributed by atoms with Gasteiger partial charge < -0.3 is 32.3 Å². The molecule has 0 aromatic heterocycles. The molecular weight excluding hydrogens is 336 g/mol. The molecule has 11 nitrogen and oxygen atoms in total. The number of nitrogens with two attached hydrogens (primary N) is 2. The number of primary amides is 1. The summed E-state index contributed by atoms with van der Waals surface area (Å²) in [5.41, 5.74) is 10.4. The lowest BCUT2D eigenvalue weighted by Crippen LogP contribution is -2.55. The van der Waals surface area contributed by atoms with Crippen molar-refractivity contribution in [2.75, 3.05) is 0 Å². The zero-order valence-electron chi connectivity index (χ0n) is 14.0. The lowest BCUT2D eigenvalue weighted by Gasteiger charge is -2.23. The number of carbonyl (C=O) groups excluding carboxylic acids is 3. The molecule has 0 bridgehead atoms. The third kappa shape index (κ3) is 8.65. The van der Waals surface area contributed by atoms with Gasteiger partial charge in [0.1, 0.15) is 12.1 Å². The van der Waals surface area contributed by atoms with E-state index in [0.717, 1.165) is 0 Å². The first-order valence-electron chi connectivity index (χ1n) is 7.54. The summed E-state index contributed by atoms with van der Waals surface area (Å²) >= 11 is 0. The monoisotopic (exact) mass is 360 g/mol. The van der Waals surface area contributed by atoms with Gasteiger partial charge in [-0.15, -0.1) is 0 Å². The summed E-state index contributed by atoms with van der Waals surface area (Å²) in [6, 6.07) is -3.84. The maximum atomic E-state index is 12.2. The van der Waals surface area contributed by atoms with E-state index in [1.807, 2.05) is 0 Å². The molecular formula is C14H24N4O7. The topological polar surface area (TPSA) is 202 Å². The Morgan fingerprint density at radius 1 is 1.00 bits per heavy atom. The molecule has 3 atom stereocenters. The van der Waals surface area contributed by atoms with Gasteiger partial charge in [0.05, 0.1) is 12.5 Å². The molecule has 0 spiro atoms. The van der Waals surface area contributed by atoms with Crippen molar-refractivity contribution in [1.82, 2.24) is 10.6 Å². The second-order valence-electron chi connectivity index (χ2n) is 5.84. The van der Waals surface area contributed by atoms with Crippen LogP contribution < -0.4 is 22.1 Å². The number of carboxylic acid groups (broad SMARTS) is 2. The van der Waals surface area contributed by atoms with E-state index in [9.17, 15) is 24.0 Å². The lowest BCUT2D eigenvalue weighted by molar-refractivity contribution is -0.144. The number of carbonyl (C=O) groups is 5. The van der Waals surface area contributed by atoms with Crippen molar-refractivity contribution in [1.29, 1.82) is 0 Å². The summed E-state index contributed by atoms with van der Waals surface area (Å²) < 4.78 is 0. The number of amides is 3. The highest BCUT2D eigenvalue weighted by atomic mass is 16.4. The summed E-state index contributed by atoms with van der Waals surface area (Å²) in [6.07, 6.45) is -1.17. The molecule has 0 radical (unpaired) electrons. The first kappa shape index (κ1) is 22.3. The van der Waals surface area contributed by atoms with Crippen molar-refractivity contribution >= 4 is 29.7 Å². The Balaban J connectivity index is 5.10.